The monoisotopic (exact) mass is 467 g/mol. The number of hydrogen-bond donors (Lipinski definition) is 0. The Kier molecular flexibility index (Phi) is 6.27. The summed E-state index contributed by atoms with van der Waals surface area (Å²) < 4.78 is 10.7. The molecule has 0 unspecified atom stereocenters. The summed E-state index contributed by atoms with van der Waals surface area (Å²) >= 11 is 0. The summed E-state index contributed by atoms with van der Waals surface area (Å²) in [6.45, 7) is 4.92. The zero-order valence-corrected chi connectivity index (χ0v) is 20.3. The number of hydrogen-bond acceptors (Lipinski definition) is 5. The van der Waals surface area contributed by atoms with Crippen molar-refractivity contribution in [2.45, 2.75) is 6.92 Å². The van der Waals surface area contributed by atoms with Crippen LogP contribution in [-0.4, -0.2) is 56.2 Å². The lowest BCUT2D eigenvalue weighted by Gasteiger charge is -2.36. The number of pyridine rings is 1. The number of rotatable bonds is 5. The summed E-state index contributed by atoms with van der Waals surface area (Å²) in [7, 11) is 3.32. The first-order valence-electron chi connectivity index (χ1n) is 11.8. The molecule has 35 heavy (non-hydrogen) atoms. The highest BCUT2D eigenvalue weighted by Gasteiger charge is 2.25. The number of ether oxygens (including phenoxy) is 2. The second kappa shape index (κ2) is 9.66. The zero-order valence-electron chi connectivity index (χ0n) is 20.3. The van der Waals surface area contributed by atoms with Crippen molar-refractivity contribution in [3.63, 3.8) is 0 Å². The molecule has 0 saturated carbocycles. The smallest absolute Gasteiger partial charge is 0.254 e. The maximum absolute atomic E-state index is 13.8. The van der Waals surface area contributed by atoms with Gasteiger partial charge in [-0.15, -0.1) is 0 Å². The molecule has 0 aliphatic carbocycles. The van der Waals surface area contributed by atoms with Crippen LogP contribution >= 0.6 is 0 Å². The van der Waals surface area contributed by atoms with Crippen molar-refractivity contribution < 1.29 is 14.3 Å². The number of nitrogens with zero attached hydrogens (tertiary/aromatic N) is 3. The van der Waals surface area contributed by atoms with Crippen molar-refractivity contribution in [1.82, 2.24) is 9.88 Å². The molecule has 1 amide bonds. The van der Waals surface area contributed by atoms with Crippen molar-refractivity contribution in [1.29, 1.82) is 0 Å². The number of aromatic nitrogens is 1. The Balaban J connectivity index is 1.44. The summed E-state index contributed by atoms with van der Waals surface area (Å²) in [5.41, 5.74) is 5.44. The highest BCUT2D eigenvalue weighted by molar-refractivity contribution is 6.07. The van der Waals surface area contributed by atoms with Gasteiger partial charge in [-0.1, -0.05) is 23.8 Å². The third-order valence-electron chi connectivity index (χ3n) is 6.56. The van der Waals surface area contributed by atoms with Gasteiger partial charge < -0.3 is 19.3 Å². The molecule has 0 N–H and O–H groups in total. The van der Waals surface area contributed by atoms with E-state index in [1.54, 1.807) is 14.2 Å². The van der Waals surface area contributed by atoms with Gasteiger partial charge in [0.1, 0.15) is 11.5 Å². The van der Waals surface area contributed by atoms with Crippen molar-refractivity contribution in [2.75, 3.05) is 45.3 Å². The molecule has 2 heterocycles. The molecule has 1 saturated heterocycles. The fourth-order valence-corrected chi connectivity index (χ4v) is 4.58. The predicted octanol–water partition coefficient (Wildman–Crippen LogP) is 5.19. The Hall–Kier alpha value is -4.06. The SMILES string of the molecule is COc1ccc(N2CCN(C(=O)c3cc(-c4cccc(OC)c4)nc4ccc(C)cc34)CC2)cc1. The second-order valence-electron chi connectivity index (χ2n) is 8.78. The number of piperazine rings is 1. The minimum absolute atomic E-state index is 0.0431. The maximum Gasteiger partial charge on any atom is 0.254 e. The van der Waals surface area contributed by atoms with Crippen LogP contribution in [0.1, 0.15) is 15.9 Å². The first-order chi connectivity index (χ1) is 17.1. The van der Waals surface area contributed by atoms with Gasteiger partial charge in [-0.05, 0) is 61.5 Å². The fraction of sp³-hybridized carbons (Fsp3) is 0.241. The van der Waals surface area contributed by atoms with E-state index in [2.05, 4.69) is 23.1 Å². The fourth-order valence-electron chi connectivity index (χ4n) is 4.58. The zero-order chi connectivity index (χ0) is 24.4. The number of amides is 1. The minimum Gasteiger partial charge on any atom is -0.497 e. The van der Waals surface area contributed by atoms with Crippen LogP contribution in [0.4, 0.5) is 5.69 Å². The van der Waals surface area contributed by atoms with Gasteiger partial charge in [0.25, 0.3) is 5.91 Å². The van der Waals surface area contributed by atoms with Crippen molar-refractivity contribution in [3.8, 4) is 22.8 Å². The van der Waals surface area contributed by atoms with Crippen LogP contribution in [-0.2, 0) is 0 Å². The van der Waals surface area contributed by atoms with E-state index in [0.29, 0.717) is 18.7 Å². The molecule has 3 aromatic carbocycles. The van der Waals surface area contributed by atoms with Crippen LogP contribution < -0.4 is 14.4 Å². The molecule has 6 nitrogen and oxygen atoms in total. The lowest BCUT2D eigenvalue weighted by molar-refractivity contribution is 0.0748. The Morgan fingerprint density at radius 3 is 2.29 bits per heavy atom. The molecule has 5 rings (SSSR count). The molecule has 0 radical (unpaired) electrons. The number of carbonyl (C=O) groups is 1. The molecule has 178 valence electrons. The first-order valence-corrected chi connectivity index (χ1v) is 11.8. The van der Waals surface area contributed by atoms with Gasteiger partial charge in [0.15, 0.2) is 0 Å². The van der Waals surface area contributed by atoms with Gasteiger partial charge in [-0.25, -0.2) is 4.98 Å². The highest BCUT2D eigenvalue weighted by Crippen LogP contribution is 2.29. The van der Waals surface area contributed by atoms with Gasteiger partial charge in [0.05, 0.1) is 31.0 Å². The van der Waals surface area contributed by atoms with Crippen LogP contribution in [0.25, 0.3) is 22.2 Å². The number of methoxy groups -OCH3 is 2. The molecule has 0 bridgehead atoms. The third kappa shape index (κ3) is 4.64. The third-order valence-corrected chi connectivity index (χ3v) is 6.56. The minimum atomic E-state index is 0.0431. The number of carbonyl (C=O) groups excluding carboxylic acids is 1. The van der Waals surface area contributed by atoms with Crippen LogP contribution in [0.3, 0.4) is 0 Å². The van der Waals surface area contributed by atoms with Gasteiger partial charge in [-0.3, -0.25) is 4.79 Å². The van der Waals surface area contributed by atoms with Gasteiger partial charge >= 0.3 is 0 Å². The van der Waals surface area contributed by atoms with E-state index in [9.17, 15) is 4.79 Å². The molecule has 0 atom stereocenters. The molecular weight excluding hydrogens is 438 g/mol. The van der Waals surface area contributed by atoms with Crippen LogP contribution in [0.5, 0.6) is 11.5 Å². The maximum atomic E-state index is 13.8. The Morgan fingerprint density at radius 1 is 0.829 bits per heavy atom. The topological polar surface area (TPSA) is 54.9 Å². The number of benzene rings is 3. The largest absolute Gasteiger partial charge is 0.497 e. The van der Waals surface area contributed by atoms with Crippen molar-refractivity contribution in [3.05, 3.63) is 83.9 Å². The van der Waals surface area contributed by atoms with E-state index >= 15 is 0 Å². The molecule has 1 aliphatic heterocycles. The lowest BCUT2D eigenvalue weighted by atomic mass is 10.0. The number of fused-ring (bicyclic) bond motifs is 1. The van der Waals surface area contributed by atoms with Crippen molar-refractivity contribution >= 4 is 22.5 Å². The van der Waals surface area contributed by atoms with Gasteiger partial charge in [0, 0.05) is 42.8 Å². The predicted molar refractivity (Wildman–Crippen MR) is 140 cm³/mol. The normalized spacial score (nSPS) is 13.7. The average Bonchev–Trinajstić information content (AvgIpc) is 2.92. The molecule has 4 aromatic rings. The Labute approximate surface area is 205 Å². The van der Waals surface area contributed by atoms with Crippen LogP contribution in [0, 0.1) is 6.92 Å². The number of anilines is 1. The number of aryl methyl sites for hydroxylation is 1. The van der Waals surface area contributed by atoms with E-state index in [-0.39, 0.29) is 5.91 Å². The van der Waals surface area contributed by atoms with Crippen LogP contribution in [0.15, 0.2) is 72.8 Å². The molecular formula is C29H29N3O3. The summed E-state index contributed by atoms with van der Waals surface area (Å²) in [5, 5.41) is 0.888. The standard InChI is InChI=1S/C29H29N3O3/c1-20-7-12-27-25(17-20)26(19-28(30-27)21-5-4-6-24(18-21)35-3)29(33)32-15-13-31(14-16-32)22-8-10-23(34-2)11-9-22/h4-12,17-19H,13-16H2,1-3H3. The molecule has 1 fully saturated rings. The highest BCUT2D eigenvalue weighted by atomic mass is 16.5. The second-order valence-corrected chi connectivity index (χ2v) is 8.78. The van der Waals surface area contributed by atoms with E-state index in [1.165, 1.54) is 0 Å². The molecule has 6 heteroatoms. The van der Waals surface area contributed by atoms with Gasteiger partial charge in [0.2, 0.25) is 0 Å². The Morgan fingerprint density at radius 2 is 1.57 bits per heavy atom. The van der Waals surface area contributed by atoms with Crippen LogP contribution in [0.2, 0.25) is 0 Å². The quantitative estimate of drug-likeness (QED) is 0.404. The Bertz CT molecular complexity index is 1360. The molecule has 1 aromatic heterocycles. The van der Waals surface area contributed by atoms with E-state index < -0.39 is 0 Å². The molecule has 1 aliphatic rings. The average molecular weight is 468 g/mol. The summed E-state index contributed by atoms with van der Waals surface area (Å²) in [6, 6.07) is 23.9. The summed E-state index contributed by atoms with van der Waals surface area (Å²) in [6.07, 6.45) is 0. The summed E-state index contributed by atoms with van der Waals surface area (Å²) in [4.78, 5) is 22.9. The van der Waals surface area contributed by atoms with E-state index in [0.717, 1.165) is 58.0 Å². The van der Waals surface area contributed by atoms with Crippen molar-refractivity contribution in [2.24, 2.45) is 0 Å². The van der Waals surface area contributed by atoms with E-state index in [4.69, 9.17) is 14.5 Å². The lowest BCUT2D eigenvalue weighted by Crippen LogP contribution is -2.48. The summed E-state index contributed by atoms with van der Waals surface area (Å²) in [5.74, 6) is 1.65. The van der Waals surface area contributed by atoms with Gasteiger partial charge in [-0.2, -0.15) is 0 Å². The van der Waals surface area contributed by atoms with E-state index in [1.807, 2.05) is 66.4 Å². The first kappa shape index (κ1) is 22.7. The molecule has 0 spiro atoms.